The van der Waals surface area contributed by atoms with E-state index in [0.717, 1.165) is 28.5 Å². The zero-order chi connectivity index (χ0) is 11.5. The summed E-state index contributed by atoms with van der Waals surface area (Å²) in [7, 11) is 0. The Bertz CT molecular complexity index is 530. The highest BCUT2D eigenvalue weighted by atomic mass is 79.9. The summed E-state index contributed by atoms with van der Waals surface area (Å²) in [5.74, 6) is 0.483. The third-order valence-electron chi connectivity index (χ3n) is 2.69. The molecule has 2 aromatic heterocycles. The summed E-state index contributed by atoms with van der Waals surface area (Å²) in [6.45, 7) is 2.87. The molecular weight excluding hydrogens is 288 g/mol. The van der Waals surface area contributed by atoms with E-state index in [1.807, 2.05) is 11.4 Å². The standard InChI is InChI=1S/C11H13BrN2OS/c1-2-8(5-12)6-14-7-13-9-3-4-16-10(9)11(14)15/h3-4,7-8H,2,5-6H2,1H3. The van der Waals surface area contributed by atoms with Gasteiger partial charge in [-0.3, -0.25) is 9.36 Å². The lowest BCUT2D eigenvalue weighted by Gasteiger charge is -2.12. The van der Waals surface area contributed by atoms with E-state index in [-0.39, 0.29) is 5.56 Å². The molecule has 3 nitrogen and oxygen atoms in total. The molecule has 2 rings (SSSR count). The smallest absolute Gasteiger partial charge is 0.271 e. The van der Waals surface area contributed by atoms with Crippen molar-refractivity contribution in [3.63, 3.8) is 0 Å². The van der Waals surface area contributed by atoms with Crippen molar-refractivity contribution in [3.05, 3.63) is 28.1 Å². The maximum Gasteiger partial charge on any atom is 0.271 e. The monoisotopic (exact) mass is 300 g/mol. The number of hydrogen-bond acceptors (Lipinski definition) is 3. The van der Waals surface area contributed by atoms with E-state index in [0.29, 0.717) is 5.92 Å². The highest BCUT2D eigenvalue weighted by molar-refractivity contribution is 9.09. The van der Waals surface area contributed by atoms with Gasteiger partial charge in [-0.2, -0.15) is 0 Å². The van der Waals surface area contributed by atoms with Gasteiger partial charge in [-0.15, -0.1) is 11.3 Å². The van der Waals surface area contributed by atoms with Crippen LogP contribution in [0.4, 0.5) is 0 Å². The normalized spacial score (nSPS) is 13.1. The Morgan fingerprint density at radius 3 is 3.12 bits per heavy atom. The largest absolute Gasteiger partial charge is 0.298 e. The van der Waals surface area contributed by atoms with Crippen LogP contribution in [-0.2, 0) is 6.54 Å². The Labute approximate surface area is 106 Å². The molecule has 0 amide bonds. The quantitative estimate of drug-likeness (QED) is 0.814. The van der Waals surface area contributed by atoms with Crippen molar-refractivity contribution in [3.8, 4) is 0 Å². The second kappa shape index (κ2) is 5.10. The van der Waals surface area contributed by atoms with E-state index < -0.39 is 0 Å². The molecule has 0 aliphatic rings. The van der Waals surface area contributed by atoms with Crippen molar-refractivity contribution in [2.75, 3.05) is 5.33 Å². The summed E-state index contributed by atoms with van der Waals surface area (Å²) < 4.78 is 2.47. The third-order valence-corrected chi connectivity index (χ3v) is 4.49. The lowest BCUT2D eigenvalue weighted by Crippen LogP contribution is -2.24. The minimum Gasteiger partial charge on any atom is -0.298 e. The van der Waals surface area contributed by atoms with Crippen LogP contribution in [0.5, 0.6) is 0 Å². The van der Waals surface area contributed by atoms with E-state index >= 15 is 0 Å². The summed E-state index contributed by atoms with van der Waals surface area (Å²) >= 11 is 4.93. The van der Waals surface area contributed by atoms with Crippen LogP contribution in [0, 0.1) is 5.92 Å². The van der Waals surface area contributed by atoms with Crippen molar-refractivity contribution < 1.29 is 0 Å². The van der Waals surface area contributed by atoms with Crippen LogP contribution in [0.1, 0.15) is 13.3 Å². The molecule has 1 unspecified atom stereocenters. The van der Waals surface area contributed by atoms with Gasteiger partial charge >= 0.3 is 0 Å². The molecule has 0 N–H and O–H groups in total. The molecule has 0 saturated heterocycles. The van der Waals surface area contributed by atoms with Gasteiger partial charge in [-0.25, -0.2) is 4.98 Å². The molecule has 0 aliphatic carbocycles. The molecule has 5 heteroatoms. The van der Waals surface area contributed by atoms with Gasteiger partial charge in [-0.05, 0) is 17.4 Å². The Kier molecular flexibility index (Phi) is 3.76. The SMILES string of the molecule is CCC(CBr)Cn1cnc2ccsc2c1=O. The maximum atomic E-state index is 12.1. The third kappa shape index (κ3) is 2.20. The van der Waals surface area contributed by atoms with Crippen LogP contribution in [0.3, 0.4) is 0 Å². The molecule has 0 fully saturated rings. The van der Waals surface area contributed by atoms with Gasteiger partial charge in [0.05, 0.1) is 11.8 Å². The van der Waals surface area contributed by atoms with Crippen LogP contribution < -0.4 is 5.56 Å². The number of hydrogen-bond donors (Lipinski definition) is 0. The maximum absolute atomic E-state index is 12.1. The van der Waals surface area contributed by atoms with Gasteiger partial charge in [-0.1, -0.05) is 29.3 Å². The molecule has 0 saturated carbocycles. The zero-order valence-electron chi connectivity index (χ0n) is 9.02. The lowest BCUT2D eigenvalue weighted by molar-refractivity contribution is 0.468. The number of alkyl halides is 1. The van der Waals surface area contributed by atoms with Crippen LogP contribution in [0.2, 0.25) is 0 Å². The van der Waals surface area contributed by atoms with Gasteiger partial charge < -0.3 is 0 Å². The second-order valence-electron chi connectivity index (χ2n) is 3.77. The molecule has 2 aromatic rings. The molecule has 0 aromatic carbocycles. The zero-order valence-corrected chi connectivity index (χ0v) is 11.4. The molecule has 0 bridgehead atoms. The summed E-state index contributed by atoms with van der Waals surface area (Å²) in [6, 6.07) is 1.88. The number of rotatable bonds is 4. The number of thiophene rings is 1. The molecule has 0 aliphatic heterocycles. The van der Waals surface area contributed by atoms with Crippen molar-refractivity contribution in [2.24, 2.45) is 5.92 Å². The summed E-state index contributed by atoms with van der Waals surface area (Å²) in [6.07, 6.45) is 2.71. The Hall–Kier alpha value is -0.680. The number of halogens is 1. The average Bonchev–Trinajstić information content (AvgIpc) is 2.77. The van der Waals surface area contributed by atoms with Crippen LogP contribution in [0.15, 0.2) is 22.6 Å². The molecule has 2 heterocycles. The van der Waals surface area contributed by atoms with Gasteiger partial charge in [0.25, 0.3) is 5.56 Å². The minimum absolute atomic E-state index is 0.0828. The Morgan fingerprint density at radius 1 is 1.62 bits per heavy atom. The van der Waals surface area contributed by atoms with Crippen molar-refractivity contribution in [1.29, 1.82) is 0 Å². The predicted molar refractivity (Wildman–Crippen MR) is 71.5 cm³/mol. The van der Waals surface area contributed by atoms with Gasteiger partial charge in [0.2, 0.25) is 0 Å². The fourth-order valence-corrected chi connectivity index (χ4v) is 3.03. The number of fused-ring (bicyclic) bond motifs is 1. The number of aromatic nitrogens is 2. The molecule has 86 valence electrons. The molecule has 0 radical (unpaired) electrons. The first kappa shape index (κ1) is 11.8. The lowest BCUT2D eigenvalue weighted by atomic mass is 10.1. The topological polar surface area (TPSA) is 34.9 Å². The van der Waals surface area contributed by atoms with E-state index in [9.17, 15) is 4.79 Å². The molecule has 0 spiro atoms. The Morgan fingerprint density at radius 2 is 2.44 bits per heavy atom. The average molecular weight is 301 g/mol. The predicted octanol–water partition coefficient (Wildman–Crippen LogP) is 2.88. The first-order valence-electron chi connectivity index (χ1n) is 5.24. The second-order valence-corrected chi connectivity index (χ2v) is 5.33. The van der Waals surface area contributed by atoms with Crippen molar-refractivity contribution >= 4 is 37.5 Å². The minimum atomic E-state index is 0.0828. The fourth-order valence-electron chi connectivity index (χ4n) is 1.57. The van der Waals surface area contributed by atoms with Gasteiger partial charge in [0, 0.05) is 11.9 Å². The summed E-state index contributed by atoms with van der Waals surface area (Å²) in [4.78, 5) is 16.4. The van der Waals surface area contributed by atoms with Crippen LogP contribution in [0.25, 0.3) is 10.2 Å². The van der Waals surface area contributed by atoms with Gasteiger partial charge in [0.15, 0.2) is 0 Å². The van der Waals surface area contributed by atoms with E-state index in [1.165, 1.54) is 11.3 Å². The first-order chi connectivity index (χ1) is 7.76. The highest BCUT2D eigenvalue weighted by Crippen LogP contribution is 2.14. The highest BCUT2D eigenvalue weighted by Gasteiger charge is 2.09. The van der Waals surface area contributed by atoms with E-state index in [1.54, 1.807) is 10.9 Å². The summed E-state index contributed by atoms with van der Waals surface area (Å²) in [5.41, 5.74) is 0.887. The van der Waals surface area contributed by atoms with Crippen molar-refractivity contribution in [1.82, 2.24) is 9.55 Å². The Balaban J connectivity index is 2.37. The van der Waals surface area contributed by atoms with Crippen LogP contribution >= 0.6 is 27.3 Å². The van der Waals surface area contributed by atoms with Gasteiger partial charge in [0.1, 0.15) is 4.70 Å². The summed E-state index contributed by atoms with van der Waals surface area (Å²) in [5, 5.41) is 2.82. The fraction of sp³-hybridized carbons (Fsp3) is 0.455. The van der Waals surface area contributed by atoms with E-state index in [2.05, 4.69) is 27.8 Å². The number of nitrogens with zero attached hydrogens (tertiary/aromatic N) is 2. The molecule has 16 heavy (non-hydrogen) atoms. The van der Waals surface area contributed by atoms with E-state index in [4.69, 9.17) is 0 Å². The molecule has 1 atom stereocenters. The molecular formula is C11H13BrN2OS. The first-order valence-corrected chi connectivity index (χ1v) is 7.25. The van der Waals surface area contributed by atoms with Crippen molar-refractivity contribution in [2.45, 2.75) is 19.9 Å². The van der Waals surface area contributed by atoms with Crippen LogP contribution in [-0.4, -0.2) is 14.9 Å².